The maximum Gasteiger partial charge on any atom is 0.264 e. The van der Waals surface area contributed by atoms with Gasteiger partial charge in [0.15, 0.2) is 4.83 Å². The second-order valence-corrected chi connectivity index (χ2v) is 10.8. The first kappa shape index (κ1) is 27.7. The first-order chi connectivity index (χ1) is 18.3. The summed E-state index contributed by atoms with van der Waals surface area (Å²) < 4.78 is 6.17. The molecule has 0 aliphatic heterocycles. The lowest BCUT2D eigenvalue weighted by atomic mass is 10.1. The van der Waals surface area contributed by atoms with E-state index >= 15 is 0 Å². The molecule has 0 radical (unpaired) electrons. The number of amides is 1. The minimum atomic E-state index is -0.369. The molecule has 1 N–H and O–H groups in total. The van der Waals surface area contributed by atoms with E-state index in [0.717, 1.165) is 24.1 Å². The maximum absolute atomic E-state index is 14.0. The number of hydrogen-bond acceptors (Lipinski definition) is 6. The van der Waals surface area contributed by atoms with Crippen LogP contribution in [0.1, 0.15) is 72.7 Å². The molecule has 0 spiro atoms. The molecule has 1 amide bonds. The average Bonchev–Trinajstić information content (AvgIpc) is 3.28. The summed E-state index contributed by atoms with van der Waals surface area (Å²) in [6.45, 7) is 11.9. The number of hydrogen-bond donors (Lipinski definition) is 1. The molecule has 2 heterocycles. The Labute approximate surface area is 228 Å². The molecule has 200 valence electrons. The monoisotopic (exact) mass is 531 g/mol. The molecule has 0 saturated heterocycles. The Morgan fingerprint density at radius 2 is 1.79 bits per heavy atom. The summed E-state index contributed by atoms with van der Waals surface area (Å²) in [5, 5.41) is 4.01. The van der Waals surface area contributed by atoms with E-state index in [4.69, 9.17) is 4.98 Å². The van der Waals surface area contributed by atoms with Crippen molar-refractivity contribution < 1.29 is 4.79 Å². The molecule has 2 aromatic carbocycles. The average molecular weight is 532 g/mol. The van der Waals surface area contributed by atoms with Crippen LogP contribution in [0.4, 0.5) is 0 Å². The van der Waals surface area contributed by atoms with E-state index in [1.54, 1.807) is 4.57 Å². The third-order valence-corrected chi connectivity index (χ3v) is 7.56. The van der Waals surface area contributed by atoms with Gasteiger partial charge in [-0.1, -0.05) is 68.8 Å². The molecule has 0 saturated carbocycles. The standard InChI is InChI=1S/C30H37N5O2S/c1-6-25(34(18-10-17-31-20(2)3)29(36)24-15-13-21(4)14-16-24)27-32-28-26(22(5)33-38-28)30(37)35(27)19-23-11-8-7-9-12-23/h7-9,11-16,20,25,31H,6,10,17-19H2,1-5H3. The van der Waals surface area contributed by atoms with Gasteiger partial charge in [-0.2, -0.15) is 4.37 Å². The Hall–Kier alpha value is -3.36. The van der Waals surface area contributed by atoms with Gasteiger partial charge in [0, 0.05) is 18.2 Å². The zero-order valence-corrected chi connectivity index (χ0v) is 23.7. The first-order valence-electron chi connectivity index (χ1n) is 13.3. The van der Waals surface area contributed by atoms with Crippen molar-refractivity contribution in [2.45, 2.75) is 66.1 Å². The Bertz CT molecular complexity index is 1430. The fraction of sp³-hybridized carbons (Fsp3) is 0.400. The molecular weight excluding hydrogens is 494 g/mol. The molecule has 2 aromatic heterocycles. The molecule has 7 nitrogen and oxygen atoms in total. The topological polar surface area (TPSA) is 80.1 Å². The van der Waals surface area contributed by atoms with Crippen molar-refractivity contribution in [1.82, 2.24) is 24.1 Å². The summed E-state index contributed by atoms with van der Waals surface area (Å²) in [6, 6.07) is 17.6. The van der Waals surface area contributed by atoms with Crippen molar-refractivity contribution in [3.63, 3.8) is 0 Å². The van der Waals surface area contributed by atoms with Gasteiger partial charge in [0.05, 0.1) is 23.7 Å². The number of aromatic nitrogens is 3. The summed E-state index contributed by atoms with van der Waals surface area (Å²) in [5.74, 6) is 0.553. The molecule has 1 atom stereocenters. The summed E-state index contributed by atoms with van der Waals surface area (Å²) in [5.41, 5.74) is 3.33. The lowest BCUT2D eigenvalue weighted by Crippen LogP contribution is -2.40. The number of nitrogens with one attached hydrogen (secondary N) is 1. The molecule has 1 unspecified atom stereocenters. The zero-order valence-electron chi connectivity index (χ0n) is 22.9. The normalized spacial score (nSPS) is 12.3. The van der Waals surface area contributed by atoms with E-state index in [9.17, 15) is 9.59 Å². The molecule has 0 aliphatic carbocycles. The molecule has 4 rings (SSSR count). The quantitative estimate of drug-likeness (QED) is 0.259. The number of fused-ring (bicyclic) bond motifs is 1. The minimum absolute atomic E-state index is 0.0533. The Morgan fingerprint density at radius 3 is 2.45 bits per heavy atom. The van der Waals surface area contributed by atoms with Crippen molar-refractivity contribution in [3.05, 3.63) is 93.2 Å². The summed E-state index contributed by atoms with van der Waals surface area (Å²) >= 11 is 1.24. The van der Waals surface area contributed by atoms with Crippen LogP contribution in [-0.2, 0) is 6.54 Å². The molecule has 38 heavy (non-hydrogen) atoms. The minimum Gasteiger partial charge on any atom is -0.328 e. The third-order valence-electron chi connectivity index (χ3n) is 6.73. The van der Waals surface area contributed by atoms with Crippen LogP contribution in [-0.4, -0.2) is 43.9 Å². The van der Waals surface area contributed by atoms with E-state index in [2.05, 4.69) is 23.5 Å². The summed E-state index contributed by atoms with van der Waals surface area (Å²) in [4.78, 5) is 35.3. The second-order valence-electron chi connectivity index (χ2n) is 10.0. The van der Waals surface area contributed by atoms with Crippen molar-refractivity contribution >= 4 is 27.7 Å². The molecule has 0 bridgehead atoms. The van der Waals surface area contributed by atoms with Gasteiger partial charge in [0.2, 0.25) is 0 Å². The number of aryl methyl sites for hydroxylation is 2. The van der Waals surface area contributed by atoms with Crippen LogP contribution in [0.3, 0.4) is 0 Å². The Morgan fingerprint density at radius 1 is 1.08 bits per heavy atom. The Kier molecular flexibility index (Phi) is 9.07. The third kappa shape index (κ3) is 6.19. The van der Waals surface area contributed by atoms with Crippen molar-refractivity contribution in [3.8, 4) is 0 Å². The van der Waals surface area contributed by atoms with Crippen molar-refractivity contribution in [2.24, 2.45) is 0 Å². The molecule has 4 aromatic rings. The van der Waals surface area contributed by atoms with E-state index in [0.29, 0.717) is 52.9 Å². The lowest BCUT2D eigenvalue weighted by molar-refractivity contribution is 0.0654. The first-order valence-corrected chi connectivity index (χ1v) is 14.1. The molecular formula is C30H37N5O2S. The highest BCUT2D eigenvalue weighted by molar-refractivity contribution is 7.12. The highest BCUT2D eigenvalue weighted by Crippen LogP contribution is 2.28. The van der Waals surface area contributed by atoms with Gasteiger partial charge in [-0.3, -0.25) is 14.2 Å². The molecule has 0 fully saturated rings. The van der Waals surface area contributed by atoms with Gasteiger partial charge in [0.1, 0.15) is 5.82 Å². The van der Waals surface area contributed by atoms with Gasteiger partial charge >= 0.3 is 0 Å². The predicted molar refractivity (Wildman–Crippen MR) is 155 cm³/mol. The van der Waals surface area contributed by atoms with Gasteiger partial charge < -0.3 is 10.2 Å². The van der Waals surface area contributed by atoms with E-state index in [1.807, 2.05) is 80.3 Å². The van der Waals surface area contributed by atoms with Gasteiger partial charge in [-0.25, -0.2) is 4.98 Å². The van der Waals surface area contributed by atoms with Crippen LogP contribution in [0.2, 0.25) is 0 Å². The SMILES string of the molecule is CCC(c1nc2snc(C)c2c(=O)n1Cc1ccccc1)N(CCCNC(C)C)C(=O)c1ccc(C)cc1. The second kappa shape index (κ2) is 12.5. The van der Waals surface area contributed by atoms with Gasteiger partial charge in [-0.15, -0.1) is 0 Å². The van der Waals surface area contributed by atoms with E-state index < -0.39 is 0 Å². The van der Waals surface area contributed by atoms with Crippen LogP contribution < -0.4 is 10.9 Å². The van der Waals surface area contributed by atoms with Crippen molar-refractivity contribution in [2.75, 3.05) is 13.1 Å². The number of rotatable bonds is 11. The van der Waals surface area contributed by atoms with E-state index in [-0.39, 0.29) is 17.5 Å². The van der Waals surface area contributed by atoms with Gasteiger partial charge in [-0.05, 0) is 62.5 Å². The molecule has 0 aliphatic rings. The number of nitrogens with zero attached hydrogens (tertiary/aromatic N) is 4. The van der Waals surface area contributed by atoms with Crippen molar-refractivity contribution in [1.29, 1.82) is 0 Å². The predicted octanol–water partition coefficient (Wildman–Crippen LogP) is 5.50. The summed E-state index contributed by atoms with van der Waals surface area (Å²) in [7, 11) is 0. The smallest absolute Gasteiger partial charge is 0.264 e. The highest BCUT2D eigenvalue weighted by Gasteiger charge is 2.30. The molecule has 8 heteroatoms. The lowest BCUT2D eigenvalue weighted by Gasteiger charge is -2.32. The fourth-order valence-electron chi connectivity index (χ4n) is 4.70. The summed E-state index contributed by atoms with van der Waals surface area (Å²) in [6.07, 6.45) is 1.41. The van der Waals surface area contributed by atoms with Crippen LogP contribution in [0.15, 0.2) is 59.4 Å². The zero-order chi connectivity index (χ0) is 27.2. The number of carbonyl (C=O) groups is 1. The number of carbonyl (C=O) groups excluding carboxylic acids is 1. The number of benzene rings is 2. The van der Waals surface area contributed by atoms with Crippen LogP contribution in [0.25, 0.3) is 10.2 Å². The van der Waals surface area contributed by atoms with Crippen LogP contribution >= 0.6 is 11.5 Å². The largest absolute Gasteiger partial charge is 0.328 e. The maximum atomic E-state index is 14.0. The van der Waals surface area contributed by atoms with Crippen LogP contribution in [0, 0.1) is 13.8 Å². The van der Waals surface area contributed by atoms with Crippen LogP contribution in [0.5, 0.6) is 0 Å². The van der Waals surface area contributed by atoms with E-state index in [1.165, 1.54) is 11.5 Å². The fourth-order valence-corrected chi connectivity index (χ4v) is 5.48. The Balaban J connectivity index is 1.81. The highest BCUT2D eigenvalue weighted by atomic mass is 32.1. The van der Waals surface area contributed by atoms with Gasteiger partial charge in [0.25, 0.3) is 11.5 Å².